The van der Waals surface area contributed by atoms with E-state index in [2.05, 4.69) is 34.1 Å². The molecule has 1 aliphatic heterocycles. The number of fused-ring (bicyclic) bond motifs is 1. The molecule has 0 aromatic carbocycles. The summed E-state index contributed by atoms with van der Waals surface area (Å²) in [4.78, 5) is 14.8. The number of nitrogens with zero attached hydrogens (tertiary/aromatic N) is 6. The summed E-state index contributed by atoms with van der Waals surface area (Å²) in [5.41, 5.74) is 0.944. The van der Waals surface area contributed by atoms with E-state index >= 15 is 0 Å². The van der Waals surface area contributed by atoms with Crippen LogP contribution in [0.3, 0.4) is 0 Å². The molecule has 27 heavy (non-hydrogen) atoms. The molecular weight excluding hydrogens is 338 g/mol. The molecule has 148 valence electrons. The van der Waals surface area contributed by atoms with Crippen molar-refractivity contribution >= 4 is 16.9 Å². The summed E-state index contributed by atoms with van der Waals surface area (Å²) in [6.07, 6.45) is 6.90. The van der Waals surface area contributed by atoms with Crippen molar-refractivity contribution in [3.8, 4) is 0 Å². The third-order valence-corrected chi connectivity index (χ3v) is 6.19. The molecule has 0 unspecified atom stereocenters. The topological polar surface area (TPSA) is 62.1 Å². The number of anilines is 1. The summed E-state index contributed by atoms with van der Waals surface area (Å²) in [6, 6.07) is 0.652. The van der Waals surface area contributed by atoms with Crippen LogP contribution in [0.15, 0.2) is 6.20 Å². The Morgan fingerprint density at radius 3 is 2.56 bits per heavy atom. The maximum Gasteiger partial charge on any atom is 0.163 e. The second kappa shape index (κ2) is 8.10. The van der Waals surface area contributed by atoms with Gasteiger partial charge in [0.1, 0.15) is 11.6 Å². The van der Waals surface area contributed by atoms with E-state index in [1.807, 2.05) is 17.9 Å². The van der Waals surface area contributed by atoms with Crippen LogP contribution >= 0.6 is 0 Å². The minimum atomic E-state index is 0.508. The molecule has 2 aliphatic rings. The van der Waals surface area contributed by atoms with Crippen LogP contribution in [0.1, 0.15) is 51.3 Å². The minimum Gasteiger partial charge on any atom is -0.368 e. The Kier molecular flexibility index (Phi) is 5.59. The minimum absolute atomic E-state index is 0.508. The Bertz CT molecular complexity index is 755. The fourth-order valence-electron chi connectivity index (χ4n) is 4.38. The first-order valence-corrected chi connectivity index (χ1v) is 10.5. The molecule has 0 radical (unpaired) electrons. The van der Waals surface area contributed by atoms with Gasteiger partial charge in [0.15, 0.2) is 5.65 Å². The Morgan fingerprint density at radius 1 is 1.11 bits per heavy atom. The Morgan fingerprint density at radius 2 is 1.85 bits per heavy atom. The SMILES string of the molecule is CC(C)N1CCN(CCNc2nc(C3CCCC3)nc3c2cnn3C)CC1. The second-order valence-electron chi connectivity index (χ2n) is 8.32. The van der Waals surface area contributed by atoms with Gasteiger partial charge in [-0.15, -0.1) is 0 Å². The van der Waals surface area contributed by atoms with Gasteiger partial charge in [0, 0.05) is 58.3 Å². The van der Waals surface area contributed by atoms with Crippen LogP contribution in [0, 0.1) is 0 Å². The zero-order chi connectivity index (χ0) is 18.8. The standard InChI is InChI=1S/C20H33N7/c1-15(2)27-12-10-26(11-13-27)9-8-21-19-17-14-22-25(3)20(17)24-18(23-19)16-6-4-5-7-16/h14-16H,4-13H2,1-3H3,(H,21,23,24). The van der Waals surface area contributed by atoms with Crippen molar-refractivity contribution in [2.75, 3.05) is 44.6 Å². The fraction of sp³-hybridized carbons (Fsp3) is 0.750. The maximum atomic E-state index is 4.91. The molecule has 0 amide bonds. The highest BCUT2D eigenvalue weighted by atomic mass is 15.3. The lowest BCUT2D eigenvalue weighted by molar-refractivity contribution is 0.111. The third kappa shape index (κ3) is 4.09. The number of nitrogens with one attached hydrogen (secondary N) is 1. The molecule has 7 heteroatoms. The highest BCUT2D eigenvalue weighted by molar-refractivity contribution is 5.86. The van der Waals surface area contributed by atoms with Gasteiger partial charge >= 0.3 is 0 Å². The van der Waals surface area contributed by atoms with Gasteiger partial charge in [-0.05, 0) is 26.7 Å². The van der Waals surface area contributed by atoms with Crippen molar-refractivity contribution in [1.82, 2.24) is 29.5 Å². The van der Waals surface area contributed by atoms with E-state index in [-0.39, 0.29) is 0 Å². The van der Waals surface area contributed by atoms with Crippen LogP contribution in [0.2, 0.25) is 0 Å². The first-order chi connectivity index (χ1) is 13.1. The van der Waals surface area contributed by atoms with E-state index < -0.39 is 0 Å². The highest BCUT2D eigenvalue weighted by Gasteiger charge is 2.23. The first-order valence-electron chi connectivity index (χ1n) is 10.5. The first kappa shape index (κ1) is 18.6. The summed E-state index contributed by atoms with van der Waals surface area (Å²) in [5, 5.41) is 9.02. The summed E-state index contributed by atoms with van der Waals surface area (Å²) in [7, 11) is 1.96. The van der Waals surface area contributed by atoms with Crippen LogP contribution in [0.4, 0.5) is 5.82 Å². The van der Waals surface area contributed by atoms with Crippen LogP contribution in [-0.2, 0) is 7.05 Å². The molecule has 1 saturated heterocycles. The average Bonchev–Trinajstić information content (AvgIpc) is 3.33. The third-order valence-electron chi connectivity index (χ3n) is 6.19. The molecule has 4 rings (SSSR count). The summed E-state index contributed by atoms with van der Waals surface area (Å²) >= 11 is 0. The number of aromatic nitrogens is 4. The lowest BCUT2D eigenvalue weighted by Crippen LogP contribution is -2.49. The molecule has 1 saturated carbocycles. The van der Waals surface area contributed by atoms with Crippen LogP contribution in [0.5, 0.6) is 0 Å². The monoisotopic (exact) mass is 371 g/mol. The molecule has 1 aliphatic carbocycles. The normalized spacial score (nSPS) is 20.1. The van der Waals surface area contributed by atoms with E-state index in [1.54, 1.807) is 0 Å². The van der Waals surface area contributed by atoms with Gasteiger partial charge in [-0.25, -0.2) is 9.97 Å². The fourth-order valence-corrected chi connectivity index (χ4v) is 4.38. The number of piperazine rings is 1. The zero-order valence-corrected chi connectivity index (χ0v) is 17.0. The number of hydrogen-bond donors (Lipinski definition) is 1. The lowest BCUT2D eigenvalue weighted by atomic mass is 10.1. The van der Waals surface area contributed by atoms with Crippen LogP contribution in [-0.4, -0.2) is 74.9 Å². The van der Waals surface area contributed by atoms with Gasteiger partial charge < -0.3 is 5.32 Å². The van der Waals surface area contributed by atoms with Gasteiger partial charge in [0.2, 0.25) is 0 Å². The van der Waals surface area contributed by atoms with E-state index in [0.717, 1.165) is 48.9 Å². The van der Waals surface area contributed by atoms with Crippen molar-refractivity contribution in [3.63, 3.8) is 0 Å². The quantitative estimate of drug-likeness (QED) is 0.842. The van der Waals surface area contributed by atoms with Gasteiger partial charge in [0.25, 0.3) is 0 Å². The molecule has 7 nitrogen and oxygen atoms in total. The maximum absolute atomic E-state index is 4.91. The van der Waals surface area contributed by atoms with Gasteiger partial charge in [-0.3, -0.25) is 14.5 Å². The van der Waals surface area contributed by atoms with Gasteiger partial charge in [-0.1, -0.05) is 12.8 Å². The molecule has 0 bridgehead atoms. The molecular formula is C20H33N7. The molecule has 0 spiro atoms. The van der Waals surface area contributed by atoms with Crippen molar-refractivity contribution in [2.24, 2.45) is 7.05 Å². The largest absolute Gasteiger partial charge is 0.368 e. The summed E-state index contributed by atoms with van der Waals surface area (Å²) < 4.78 is 1.87. The molecule has 3 heterocycles. The van der Waals surface area contributed by atoms with Gasteiger partial charge in [-0.2, -0.15) is 5.10 Å². The average molecular weight is 372 g/mol. The van der Waals surface area contributed by atoms with Crippen LogP contribution in [0.25, 0.3) is 11.0 Å². The van der Waals surface area contributed by atoms with Gasteiger partial charge in [0.05, 0.1) is 11.6 Å². The van der Waals surface area contributed by atoms with E-state index in [1.165, 1.54) is 38.8 Å². The molecule has 2 aromatic rings. The second-order valence-corrected chi connectivity index (χ2v) is 8.32. The predicted octanol–water partition coefficient (Wildman–Crippen LogP) is 2.46. The smallest absolute Gasteiger partial charge is 0.163 e. The van der Waals surface area contributed by atoms with E-state index in [0.29, 0.717) is 12.0 Å². The van der Waals surface area contributed by atoms with E-state index in [4.69, 9.17) is 9.97 Å². The zero-order valence-electron chi connectivity index (χ0n) is 17.0. The van der Waals surface area contributed by atoms with E-state index in [9.17, 15) is 0 Å². The molecule has 1 N–H and O–H groups in total. The van der Waals surface area contributed by atoms with Crippen molar-refractivity contribution in [1.29, 1.82) is 0 Å². The highest BCUT2D eigenvalue weighted by Crippen LogP contribution is 2.34. The Balaban J connectivity index is 1.41. The lowest BCUT2D eigenvalue weighted by Gasteiger charge is -2.36. The Labute approximate surface area is 162 Å². The summed E-state index contributed by atoms with van der Waals surface area (Å²) in [6.45, 7) is 11.2. The number of aryl methyl sites for hydroxylation is 1. The van der Waals surface area contributed by atoms with Crippen LogP contribution < -0.4 is 5.32 Å². The molecule has 2 aromatic heterocycles. The predicted molar refractivity (Wildman–Crippen MR) is 109 cm³/mol. The van der Waals surface area contributed by atoms with Crippen molar-refractivity contribution < 1.29 is 0 Å². The molecule has 2 fully saturated rings. The van der Waals surface area contributed by atoms with Crippen molar-refractivity contribution in [3.05, 3.63) is 12.0 Å². The summed E-state index contributed by atoms with van der Waals surface area (Å²) in [5.74, 6) is 2.46. The van der Waals surface area contributed by atoms with Crippen molar-refractivity contribution in [2.45, 2.75) is 51.5 Å². The Hall–Kier alpha value is -1.73. The molecule has 0 atom stereocenters. The number of hydrogen-bond acceptors (Lipinski definition) is 6. The number of rotatable bonds is 6.